The molecule has 1 aliphatic carbocycles. The average molecular weight is 479 g/mol. The Morgan fingerprint density at radius 3 is 2.74 bits per heavy atom. The van der Waals surface area contributed by atoms with Crippen molar-refractivity contribution in [2.75, 3.05) is 13.2 Å². The van der Waals surface area contributed by atoms with Crippen LogP contribution in [-0.4, -0.2) is 49.3 Å². The molecule has 5 rings (SSSR count). The van der Waals surface area contributed by atoms with E-state index in [0.29, 0.717) is 12.6 Å². The molecule has 1 saturated heterocycles. The van der Waals surface area contributed by atoms with E-state index in [1.807, 2.05) is 25.1 Å². The first-order chi connectivity index (χ1) is 17.0. The molecule has 3 aromatic rings. The molecule has 1 N–H and O–H groups in total. The zero-order chi connectivity index (χ0) is 24.4. The molecule has 1 aromatic carbocycles. The van der Waals surface area contributed by atoms with Crippen LogP contribution in [0.3, 0.4) is 0 Å². The summed E-state index contributed by atoms with van der Waals surface area (Å²) in [5.41, 5.74) is 2.73. The van der Waals surface area contributed by atoms with Crippen molar-refractivity contribution in [3.8, 4) is 0 Å². The molecule has 3 heterocycles. The lowest BCUT2D eigenvalue weighted by molar-refractivity contribution is 0.0375. The number of rotatable bonds is 8. The number of hydrogen-bond donors (Lipinski definition) is 1. The molecule has 1 aliphatic heterocycles. The van der Waals surface area contributed by atoms with Crippen LogP contribution in [0.15, 0.2) is 29.1 Å². The number of fused-ring (bicyclic) bond motifs is 1. The monoisotopic (exact) mass is 478 g/mol. The van der Waals surface area contributed by atoms with Gasteiger partial charge in [-0.25, -0.2) is 4.68 Å². The second kappa shape index (κ2) is 10.6. The van der Waals surface area contributed by atoms with Crippen LogP contribution in [0.25, 0.3) is 10.9 Å². The zero-order valence-electron chi connectivity index (χ0n) is 21.2. The van der Waals surface area contributed by atoms with Crippen LogP contribution in [0.5, 0.6) is 0 Å². The highest BCUT2D eigenvalue weighted by molar-refractivity contribution is 5.81. The molecular formula is C27H38N6O2. The fraction of sp³-hybridized carbons (Fsp3) is 0.630. The predicted octanol–water partition coefficient (Wildman–Crippen LogP) is 4.71. The van der Waals surface area contributed by atoms with Crippen molar-refractivity contribution in [3.05, 3.63) is 51.6 Å². The first-order valence-corrected chi connectivity index (χ1v) is 13.3. The highest BCUT2D eigenvalue weighted by atomic mass is 16.5. The Bertz CT molecular complexity index is 1190. The van der Waals surface area contributed by atoms with Gasteiger partial charge in [-0.3, -0.25) is 9.69 Å². The third-order valence-corrected chi connectivity index (χ3v) is 7.73. The molecule has 188 valence electrons. The standard InChI is InChI=1S/C27H38N6O2/c1-18(2)25(26-29-30-31-33(26)22-11-5-4-6-12-22)32(17-23-13-8-14-35-23)16-21-15-20-10-7-9-19(3)24(20)28-27(21)34/h7,9-10,15,18,22-23,25H,4-6,8,11-14,16-17H2,1-3H3,(H,28,34)/t23-,25-/m1/s1. The van der Waals surface area contributed by atoms with E-state index in [4.69, 9.17) is 4.74 Å². The predicted molar refractivity (Wildman–Crippen MR) is 136 cm³/mol. The van der Waals surface area contributed by atoms with Gasteiger partial charge >= 0.3 is 0 Å². The Morgan fingerprint density at radius 1 is 1.17 bits per heavy atom. The van der Waals surface area contributed by atoms with Gasteiger partial charge in [-0.15, -0.1) is 5.10 Å². The van der Waals surface area contributed by atoms with Crippen molar-refractivity contribution in [1.29, 1.82) is 0 Å². The number of hydrogen-bond acceptors (Lipinski definition) is 6. The van der Waals surface area contributed by atoms with Crippen molar-refractivity contribution < 1.29 is 4.74 Å². The summed E-state index contributed by atoms with van der Waals surface area (Å²) in [6.45, 7) is 8.56. The second-order valence-corrected chi connectivity index (χ2v) is 10.7. The Labute approximate surface area is 207 Å². The van der Waals surface area contributed by atoms with E-state index in [-0.39, 0.29) is 23.6 Å². The molecular weight excluding hydrogens is 440 g/mol. The average Bonchev–Trinajstić information content (AvgIpc) is 3.53. The number of aryl methyl sites for hydroxylation is 1. The number of nitrogens with one attached hydrogen (secondary N) is 1. The number of nitrogens with zero attached hydrogens (tertiary/aromatic N) is 5. The van der Waals surface area contributed by atoms with Crippen molar-refractivity contribution in [2.24, 2.45) is 5.92 Å². The lowest BCUT2D eigenvalue weighted by Gasteiger charge is -2.36. The molecule has 2 fully saturated rings. The fourth-order valence-corrected chi connectivity index (χ4v) is 5.96. The molecule has 8 nitrogen and oxygen atoms in total. The van der Waals surface area contributed by atoms with E-state index >= 15 is 0 Å². The minimum Gasteiger partial charge on any atom is -0.377 e. The summed E-state index contributed by atoms with van der Waals surface area (Å²) in [6, 6.07) is 8.53. The van der Waals surface area contributed by atoms with Gasteiger partial charge in [0.25, 0.3) is 5.56 Å². The maximum absolute atomic E-state index is 13.2. The molecule has 2 aromatic heterocycles. The summed E-state index contributed by atoms with van der Waals surface area (Å²) in [5, 5.41) is 14.2. The number of ether oxygens (including phenoxy) is 1. The lowest BCUT2D eigenvalue weighted by atomic mass is 9.94. The maximum atomic E-state index is 13.2. The number of aromatic amines is 1. The fourth-order valence-electron chi connectivity index (χ4n) is 5.96. The molecule has 0 radical (unpaired) electrons. The van der Waals surface area contributed by atoms with Gasteiger partial charge in [0, 0.05) is 25.3 Å². The molecule has 0 spiro atoms. The molecule has 1 saturated carbocycles. The number of H-pyrrole nitrogens is 1. The van der Waals surface area contributed by atoms with Gasteiger partial charge in [-0.1, -0.05) is 51.3 Å². The van der Waals surface area contributed by atoms with Crippen molar-refractivity contribution >= 4 is 10.9 Å². The summed E-state index contributed by atoms with van der Waals surface area (Å²) < 4.78 is 8.13. The summed E-state index contributed by atoms with van der Waals surface area (Å²) in [6.07, 6.45) is 8.27. The molecule has 2 atom stereocenters. The van der Waals surface area contributed by atoms with E-state index < -0.39 is 0 Å². The maximum Gasteiger partial charge on any atom is 0.252 e. The Morgan fingerprint density at radius 2 is 2.00 bits per heavy atom. The second-order valence-electron chi connectivity index (χ2n) is 10.7. The van der Waals surface area contributed by atoms with Gasteiger partial charge in [0.2, 0.25) is 0 Å². The number of tetrazole rings is 1. The molecule has 0 amide bonds. The Hall–Kier alpha value is -2.58. The van der Waals surface area contributed by atoms with Gasteiger partial charge in [0.15, 0.2) is 5.82 Å². The highest BCUT2D eigenvalue weighted by Crippen LogP contribution is 2.34. The van der Waals surface area contributed by atoms with E-state index in [1.165, 1.54) is 19.3 Å². The molecule has 0 unspecified atom stereocenters. The number of benzene rings is 1. The molecule has 0 bridgehead atoms. The summed E-state index contributed by atoms with van der Waals surface area (Å²) >= 11 is 0. The topological polar surface area (TPSA) is 88.9 Å². The van der Waals surface area contributed by atoms with E-state index in [0.717, 1.165) is 66.7 Å². The zero-order valence-corrected chi connectivity index (χ0v) is 21.2. The van der Waals surface area contributed by atoms with Gasteiger partial charge in [-0.05, 0) is 66.0 Å². The lowest BCUT2D eigenvalue weighted by Crippen LogP contribution is -2.40. The van der Waals surface area contributed by atoms with Gasteiger partial charge in [0.1, 0.15) is 0 Å². The first-order valence-electron chi connectivity index (χ1n) is 13.3. The third kappa shape index (κ3) is 5.19. The van der Waals surface area contributed by atoms with E-state index in [9.17, 15) is 4.79 Å². The van der Waals surface area contributed by atoms with Crippen molar-refractivity contribution in [3.63, 3.8) is 0 Å². The van der Waals surface area contributed by atoms with Crippen LogP contribution >= 0.6 is 0 Å². The normalized spacial score (nSPS) is 20.3. The molecule has 8 heteroatoms. The minimum absolute atomic E-state index is 0.0104. The van der Waals surface area contributed by atoms with E-state index in [1.54, 1.807) is 0 Å². The van der Waals surface area contributed by atoms with Crippen LogP contribution in [0.4, 0.5) is 0 Å². The number of pyridine rings is 1. The SMILES string of the molecule is Cc1cccc2cc(CN(C[C@H]3CCCO3)[C@@H](c3nnnn3C3CCCCC3)C(C)C)c(=O)[nH]c12. The van der Waals surface area contributed by atoms with Gasteiger partial charge in [-0.2, -0.15) is 0 Å². The first kappa shape index (κ1) is 24.1. The summed E-state index contributed by atoms with van der Waals surface area (Å²) in [5.74, 6) is 1.18. The summed E-state index contributed by atoms with van der Waals surface area (Å²) in [4.78, 5) is 18.7. The molecule has 35 heavy (non-hydrogen) atoms. The number of aromatic nitrogens is 5. The Kier molecular flexibility index (Phi) is 7.29. The summed E-state index contributed by atoms with van der Waals surface area (Å²) in [7, 11) is 0. The highest BCUT2D eigenvalue weighted by Gasteiger charge is 2.34. The molecule has 2 aliphatic rings. The van der Waals surface area contributed by atoms with Crippen LogP contribution in [0.1, 0.15) is 87.8 Å². The van der Waals surface area contributed by atoms with E-state index in [2.05, 4.69) is 50.0 Å². The van der Waals surface area contributed by atoms with Crippen molar-refractivity contribution in [2.45, 2.75) is 90.4 Å². The van der Waals surface area contributed by atoms with Gasteiger partial charge in [0.05, 0.1) is 23.7 Å². The minimum atomic E-state index is -0.0291. The Balaban J connectivity index is 1.52. The van der Waals surface area contributed by atoms with Crippen LogP contribution in [-0.2, 0) is 11.3 Å². The van der Waals surface area contributed by atoms with Crippen LogP contribution in [0.2, 0.25) is 0 Å². The van der Waals surface area contributed by atoms with Crippen LogP contribution < -0.4 is 5.56 Å². The number of para-hydroxylation sites is 1. The largest absolute Gasteiger partial charge is 0.377 e. The third-order valence-electron chi connectivity index (χ3n) is 7.73. The van der Waals surface area contributed by atoms with Gasteiger partial charge < -0.3 is 9.72 Å². The van der Waals surface area contributed by atoms with Crippen molar-refractivity contribution in [1.82, 2.24) is 30.1 Å². The smallest absolute Gasteiger partial charge is 0.252 e. The quantitative estimate of drug-likeness (QED) is 0.505. The van der Waals surface area contributed by atoms with Crippen LogP contribution in [0, 0.1) is 12.8 Å².